The van der Waals surface area contributed by atoms with E-state index in [4.69, 9.17) is 18.0 Å². The number of hydrogen-bond donors (Lipinski definition) is 1. The van der Waals surface area contributed by atoms with Gasteiger partial charge in [-0.1, -0.05) is 24.7 Å². The molecule has 98 valence electrons. The number of hydrogen-bond acceptors (Lipinski definition) is 3. The van der Waals surface area contributed by atoms with E-state index in [2.05, 4.69) is 0 Å². The summed E-state index contributed by atoms with van der Waals surface area (Å²) < 4.78 is 0. The summed E-state index contributed by atoms with van der Waals surface area (Å²) in [6.07, 6.45) is 2.62. The molecule has 0 spiro atoms. The molecule has 0 saturated heterocycles. The maximum absolute atomic E-state index is 12.6. The molecule has 18 heavy (non-hydrogen) atoms. The normalized spacial score (nSPS) is 18.8. The van der Waals surface area contributed by atoms with Gasteiger partial charge in [-0.05, 0) is 31.2 Å². The van der Waals surface area contributed by atoms with Gasteiger partial charge in [0.25, 0.3) is 0 Å². The molecule has 0 bridgehead atoms. The van der Waals surface area contributed by atoms with Crippen molar-refractivity contribution in [3.8, 4) is 0 Å². The van der Waals surface area contributed by atoms with Gasteiger partial charge in [-0.15, -0.1) is 11.3 Å². The smallest absolute Gasteiger partial charge is 0.235 e. The van der Waals surface area contributed by atoms with Crippen LogP contribution in [0.5, 0.6) is 0 Å². The zero-order valence-corrected chi connectivity index (χ0v) is 12.3. The van der Waals surface area contributed by atoms with Crippen LogP contribution in [0.4, 0.5) is 0 Å². The highest BCUT2D eigenvalue weighted by atomic mass is 32.1. The van der Waals surface area contributed by atoms with E-state index in [0.717, 1.165) is 19.3 Å². The molecule has 1 aliphatic carbocycles. The Hall–Kier alpha value is -0.940. The van der Waals surface area contributed by atoms with Gasteiger partial charge in [0, 0.05) is 11.9 Å². The lowest BCUT2D eigenvalue weighted by Gasteiger charge is -2.43. The highest BCUT2D eigenvalue weighted by Gasteiger charge is 2.49. The van der Waals surface area contributed by atoms with Crippen molar-refractivity contribution in [3.05, 3.63) is 22.4 Å². The van der Waals surface area contributed by atoms with E-state index < -0.39 is 5.41 Å². The topological polar surface area (TPSA) is 46.3 Å². The molecule has 2 rings (SSSR count). The number of thiophene rings is 1. The highest BCUT2D eigenvalue weighted by molar-refractivity contribution is 7.80. The van der Waals surface area contributed by atoms with E-state index in [-0.39, 0.29) is 11.9 Å². The number of thiocarbonyl (C=S) groups is 1. The average molecular weight is 282 g/mol. The third-order valence-electron chi connectivity index (χ3n) is 3.94. The van der Waals surface area contributed by atoms with Crippen LogP contribution in [0, 0.1) is 5.41 Å². The molecule has 1 unspecified atom stereocenters. The summed E-state index contributed by atoms with van der Waals surface area (Å²) in [7, 11) is 1.84. The summed E-state index contributed by atoms with van der Waals surface area (Å²) in [5, 5.41) is 2.02. The van der Waals surface area contributed by atoms with Crippen molar-refractivity contribution in [1.82, 2.24) is 4.90 Å². The Morgan fingerprint density at radius 3 is 2.67 bits per heavy atom. The van der Waals surface area contributed by atoms with Gasteiger partial charge in [-0.25, -0.2) is 0 Å². The van der Waals surface area contributed by atoms with E-state index in [1.54, 1.807) is 16.2 Å². The fourth-order valence-corrected chi connectivity index (χ4v) is 3.45. The summed E-state index contributed by atoms with van der Waals surface area (Å²) in [6, 6.07) is 4.12. The van der Waals surface area contributed by atoms with Crippen molar-refractivity contribution in [2.45, 2.75) is 32.2 Å². The van der Waals surface area contributed by atoms with E-state index in [9.17, 15) is 4.79 Å². The molecular weight excluding hydrogens is 264 g/mol. The molecule has 2 N–H and O–H groups in total. The lowest BCUT2D eigenvalue weighted by molar-refractivity contribution is -0.142. The van der Waals surface area contributed by atoms with Crippen LogP contribution in [-0.2, 0) is 4.79 Å². The average Bonchev–Trinajstić information content (AvgIpc) is 2.78. The van der Waals surface area contributed by atoms with Crippen molar-refractivity contribution in [3.63, 3.8) is 0 Å². The van der Waals surface area contributed by atoms with E-state index in [1.165, 1.54) is 4.88 Å². The lowest BCUT2D eigenvalue weighted by atomic mass is 9.67. The first-order valence-corrected chi connectivity index (χ1v) is 7.38. The first-order valence-electron chi connectivity index (χ1n) is 6.09. The summed E-state index contributed by atoms with van der Waals surface area (Å²) >= 11 is 6.76. The Morgan fingerprint density at radius 1 is 1.61 bits per heavy atom. The fraction of sp³-hybridized carbons (Fsp3) is 0.538. The minimum atomic E-state index is -0.574. The number of rotatable bonds is 4. The predicted molar refractivity (Wildman–Crippen MR) is 78.6 cm³/mol. The highest BCUT2D eigenvalue weighted by Crippen LogP contribution is 2.44. The molecule has 0 aliphatic heterocycles. The molecule has 1 fully saturated rings. The minimum absolute atomic E-state index is 0.0714. The number of nitrogens with two attached hydrogens (primary N) is 1. The molecule has 1 aromatic rings. The zero-order valence-electron chi connectivity index (χ0n) is 10.7. The van der Waals surface area contributed by atoms with Gasteiger partial charge >= 0.3 is 0 Å². The van der Waals surface area contributed by atoms with Crippen LogP contribution in [0.25, 0.3) is 0 Å². The Kier molecular flexibility index (Phi) is 3.73. The van der Waals surface area contributed by atoms with Crippen LogP contribution in [0.2, 0.25) is 0 Å². The SMILES string of the molecule is CC(c1cccs1)N(C)C(=O)C1(C(N)=S)CCC1. The largest absolute Gasteiger partial charge is 0.392 e. The number of nitrogens with zero attached hydrogens (tertiary/aromatic N) is 1. The predicted octanol–water partition coefficient (Wildman–Crippen LogP) is 2.72. The van der Waals surface area contributed by atoms with Crippen molar-refractivity contribution in [2.75, 3.05) is 7.05 Å². The van der Waals surface area contributed by atoms with Gasteiger partial charge < -0.3 is 10.6 Å². The summed E-state index contributed by atoms with van der Waals surface area (Å²) in [5.41, 5.74) is 5.20. The number of carbonyl (C=O) groups is 1. The van der Waals surface area contributed by atoms with Crippen molar-refractivity contribution in [2.24, 2.45) is 11.1 Å². The van der Waals surface area contributed by atoms with Crippen LogP contribution in [0.15, 0.2) is 17.5 Å². The first kappa shape index (κ1) is 13.5. The maximum Gasteiger partial charge on any atom is 0.235 e. The standard InChI is InChI=1S/C13H18N2OS2/c1-9(10-5-3-8-18-10)15(2)12(16)13(11(14)17)6-4-7-13/h3,5,8-9H,4,6-7H2,1-2H3,(H2,14,17). The third kappa shape index (κ3) is 2.06. The molecule has 1 aromatic heterocycles. The van der Waals surface area contributed by atoms with Crippen LogP contribution in [0.1, 0.15) is 37.1 Å². The van der Waals surface area contributed by atoms with Crippen LogP contribution < -0.4 is 5.73 Å². The van der Waals surface area contributed by atoms with Crippen LogP contribution in [0.3, 0.4) is 0 Å². The van der Waals surface area contributed by atoms with Crippen LogP contribution >= 0.6 is 23.6 Å². The molecule has 0 aromatic carbocycles. The van der Waals surface area contributed by atoms with E-state index >= 15 is 0 Å². The second-order valence-electron chi connectivity index (χ2n) is 4.91. The van der Waals surface area contributed by atoms with Crippen LogP contribution in [-0.4, -0.2) is 22.8 Å². The Bertz CT molecular complexity index is 452. The molecule has 1 amide bonds. The summed E-state index contributed by atoms with van der Waals surface area (Å²) in [4.78, 5) is 15.9. The Labute approximate surface area is 117 Å². The Morgan fingerprint density at radius 2 is 2.28 bits per heavy atom. The molecule has 0 radical (unpaired) electrons. The lowest BCUT2D eigenvalue weighted by Crippen LogP contribution is -2.53. The third-order valence-corrected chi connectivity index (χ3v) is 5.38. The van der Waals surface area contributed by atoms with E-state index in [0.29, 0.717) is 4.99 Å². The minimum Gasteiger partial charge on any atom is -0.392 e. The second kappa shape index (κ2) is 4.97. The van der Waals surface area contributed by atoms with Crippen molar-refractivity contribution >= 4 is 34.5 Å². The van der Waals surface area contributed by atoms with Gasteiger partial charge in [-0.2, -0.15) is 0 Å². The molecule has 1 atom stereocenters. The second-order valence-corrected chi connectivity index (χ2v) is 6.33. The van der Waals surface area contributed by atoms with Gasteiger partial charge in [0.15, 0.2) is 0 Å². The molecule has 5 heteroatoms. The summed E-state index contributed by atoms with van der Waals surface area (Å²) in [5.74, 6) is 0.0714. The number of amides is 1. The molecule has 1 saturated carbocycles. The Balaban J connectivity index is 2.16. The molecular formula is C13H18N2OS2. The molecule has 1 aliphatic rings. The van der Waals surface area contributed by atoms with Crippen molar-refractivity contribution < 1.29 is 4.79 Å². The molecule has 3 nitrogen and oxygen atoms in total. The monoisotopic (exact) mass is 282 g/mol. The van der Waals surface area contributed by atoms with E-state index in [1.807, 2.05) is 31.5 Å². The van der Waals surface area contributed by atoms with Gasteiger partial charge in [-0.3, -0.25) is 4.79 Å². The first-order chi connectivity index (χ1) is 8.49. The number of carbonyl (C=O) groups excluding carboxylic acids is 1. The van der Waals surface area contributed by atoms with Gasteiger partial charge in [0.2, 0.25) is 5.91 Å². The molecule has 1 heterocycles. The van der Waals surface area contributed by atoms with Gasteiger partial charge in [0.1, 0.15) is 0 Å². The summed E-state index contributed by atoms with van der Waals surface area (Å²) in [6.45, 7) is 2.04. The fourth-order valence-electron chi connectivity index (χ4n) is 2.33. The maximum atomic E-state index is 12.6. The van der Waals surface area contributed by atoms with Gasteiger partial charge in [0.05, 0.1) is 16.4 Å². The quantitative estimate of drug-likeness (QED) is 0.864. The zero-order chi connectivity index (χ0) is 13.3. The van der Waals surface area contributed by atoms with Crippen molar-refractivity contribution in [1.29, 1.82) is 0 Å².